The Morgan fingerprint density at radius 2 is 2.44 bits per heavy atom. The highest BCUT2D eigenvalue weighted by Crippen LogP contribution is 2.28. The topological polar surface area (TPSA) is 57.8 Å². The third-order valence-corrected chi connectivity index (χ3v) is 3.32. The second-order valence-corrected chi connectivity index (χ2v) is 4.42. The third kappa shape index (κ3) is 2.14. The second-order valence-electron chi connectivity index (χ2n) is 3.50. The van der Waals surface area contributed by atoms with Crippen molar-refractivity contribution in [3.8, 4) is 10.6 Å². The average molecular weight is 235 g/mol. The summed E-state index contributed by atoms with van der Waals surface area (Å²) in [7, 11) is 0. The van der Waals surface area contributed by atoms with E-state index in [9.17, 15) is 4.79 Å². The summed E-state index contributed by atoms with van der Waals surface area (Å²) in [4.78, 5) is 12.3. The summed E-state index contributed by atoms with van der Waals surface area (Å²) in [5.74, 6) is 0.551. The van der Waals surface area contributed by atoms with Gasteiger partial charge in [-0.1, -0.05) is 6.92 Å². The predicted molar refractivity (Wildman–Crippen MR) is 65.6 cm³/mol. The summed E-state index contributed by atoms with van der Waals surface area (Å²) < 4.78 is 0. The zero-order chi connectivity index (χ0) is 11.5. The average Bonchev–Trinajstić information content (AvgIpc) is 2.86. The van der Waals surface area contributed by atoms with Gasteiger partial charge in [0.1, 0.15) is 0 Å². The predicted octanol–water partition coefficient (Wildman–Crippen LogP) is 2.80. The molecule has 0 unspecified atom stereocenters. The van der Waals surface area contributed by atoms with Crippen molar-refractivity contribution in [3.63, 3.8) is 0 Å². The van der Waals surface area contributed by atoms with Gasteiger partial charge in [0.25, 0.3) is 0 Å². The van der Waals surface area contributed by atoms with Crippen molar-refractivity contribution in [1.82, 2.24) is 10.2 Å². The molecule has 0 saturated carbocycles. The minimum Gasteiger partial charge on any atom is -0.309 e. The molecule has 5 heteroatoms. The van der Waals surface area contributed by atoms with E-state index in [2.05, 4.69) is 28.5 Å². The Morgan fingerprint density at radius 3 is 3.06 bits per heavy atom. The fourth-order valence-electron chi connectivity index (χ4n) is 1.38. The van der Waals surface area contributed by atoms with Crippen LogP contribution in [0.3, 0.4) is 0 Å². The maximum atomic E-state index is 11.2. The summed E-state index contributed by atoms with van der Waals surface area (Å²) in [6, 6.07) is 3.91. The van der Waals surface area contributed by atoms with Crippen molar-refractivity contribution in [3.05, 3.63) is 23.1 Å². The van der Waals surface area contributed by atoms with Gasteiger partial charge < -0.3 is 5.32 Å². The van der Waals surface area contributed by atoms with Crippen LogP contribution in [-0.2, 0) is 4.79 Å². The highest BCUT2D eigenvalue weighted by atomic mass is 32.1. The molecule has 2 heterocycles. The second kappa shape index (κ2) is 4.49. The molecule has 0 aliphatic carbocycles. The van der Waals surface area contributed by atoms with Crippen molar-refractivity contribution in [2.45, 2.75) is 20.3 Å². The van der Waals surface area contributed by atoms with Crippen LogP contribution in [0, 0.1) is 6.92 Å². The number of rotatable bonds is 3. The molecule has 16 heavy (non-hydrogen) atoms. The summed E-state index contributed by atoms with van der Waals surface area (Å²) in [6.07, 6.45) is 0.459. The first-order valence-electron chi connectivity index (χ1n) is 5.10. The number of aromatic amines is 1. The number of nitrogens with zero attached hydrogens (tertiary/aromatic N) is 1. The Balaban J connectivity index is 2.20. The van der Waals surface area contributed by atoms with Crippen LogP contribution < -0.4 is 5.32 Å². The number of hydrogen-bond acceptors (Lipinski definition) is 3. The van der Waals surface area contributed by atoms with E-state index in [-0.39, 0.29) is 5.91 Å². The standard InChI is InChI=1S/C11H13N3OS/c1-3-10(15)12-9-6-8(13-14-9)11-7(2)4-5-16-11/h4-6H,3H2,1-2H3,(H2,12,13,14,15). The molecule has 0 atom stereocenters. The number of thiophene rings is 1. The Hall–Kier alpha value is -1.62. The Bertz CT molecular complexity index is 501. The SMILES string of the molecule is CCC(=O)Nc1cc(-c2sccc2C)[nH]n1. The van der Waals surface area contributed by atoms with Gasteiger partial charge >= 0.3 is 0 Å². The molecular formula is C11H13N3OS. The molecule has 2 N–H and O–H groups in total. The van der Waals surface area contributed by atoms with Crippen LogP contribution in [0.4, 0.5) is 5.82 Å². The minimum atomic E-state index is -0.0269. The van der Waals surface area contributed by atoms with Gasteiger partial charge in [-0.2, -0.15) is 5.10 Å². The van der Waals surface area contributed by atoms with Crippen molar-refractivity contribution >= 4 is 23.1 Å². The zero-order valence-electron chi connectivity index (χ0n) is 9.20. The number of anilines is 1. The Labute approximate surface area is 97.7 Å². The highest BCUT2D eigenvalue weighted by molar-refractivity contribution is 7.13. The first-order valence-corrected chi connectivity index (χ1v) is 5.98. The molecule has 0 radical (unpaired) electrons. The number of carbonyl (C=O) groups is 1. The molecule has 4 nitrogen and oxygen atoms in total. The van der Waals surface area contributed by atoms with Crippen LogP contribution in [-0.4, -0.2) is 16.1 Å². The van der Waals surface area contributed by atoms with E-state index in [4.69, 9.17) is 0 Å². The largest absolute Gasteiger partial charge is 0.309 e. The van der Waals surface area contributed by atoms with Crippen molar-refractivity contribution in [2.75, 3.05) is 5.32 Å². The maximum Gasteiger partial charge on any atom is 0.225 e. The monoisotopic (exact) mass is 235 g/mol. The van der Waals surface area contributed by atoms with Crippen LogP contribution in [0.5, 0.6) is 0 Å². The highest BCUT2D eigenvalue weighted by Gasteiger charge is 2.08. The van der Waals surface area contributed by atoms with Gasteiger partial charge in [-0.05, 0) is 23.9 Å². The smallest absolute Gasteiger partial charge is 0.225 e. The number of hydrogen-bond donors (Lipinski definition) is 2. The van der Waals surface area contributed by atoms with Gasteiger partial charge in [0.05, 0.1) is 10.6 Å². The molecule has 2 aromatic heterocycles. The number of H-pyrrole nitrogens is 1. The van der Waals surface area contributed by atoms with Crippen LogP contribution in [0.15, 0.2) is 17.5 Å². The minimum absolute atomic E-state index is 0.0269. The molecule has 0 bridgehead atoms. The number of amides is 1. The van der Waals surface area contributed by atoms with Crippen LogP contribution in [0.2, 0.25) is 0 Å². The van der Waals surface area contributed by atoms with Gasteiger partial charge in [-0.25, -0.2) is 0 Å². The van der Waals surface area contributed by atoms with E-state index in [0.29, 0.717) is 12.2 Å². The third-order valence-electron chi connectivity index (χ3n) is 2.27. The lowest BCUT2D eigenvalue weighted by Crippen LogP contribution is -2.09. The van der Waals surface area contributed by atoms with E-state index in [1.807, 2.05) is 18.4 Å². The van der Waals surface area contributed by atoms with Crippen LogP contribution in [0.25, 0.3) is 10.6 Å². The van der Waals surface area contributed by atoms with Gasteiger partial charge in [-0.3, -0.25) is 9.89 Å². The summed E-state index contributed by atoms with van der Waals surface area (Å²) in [5.41, 5.74) is 2.15. The summed E-state index contributed by atoms with van der Waals surface area (Å²) in [5, 5.41) is 11.7. The number of carbonyl (C=O) groups excluding carboxylic acids is 1. The normalized spacial score (nSPS) is 10.4. The summed E-state index contributed by atoms with van der Waals surface area (Å²) >= 11 is 1.66. The van der Waals surface area contributed by atoms with E-state index in [0.717, 1.165) is 10.6 Å². The van der Waals surface area contributed by atoms with E-state index in [1.54, 1.807) is 11.3 Å². The fraction of sp³-hybridized carbons (Fsp3) is 0.273. The van der Waals surface area contributed by atoms with E-state index < -0.39 is 0 Å². The first kappa shape index (κ1) is 10.9. The quantitative estimate of drug-likeness (QED) is 0.859. The molecular weight excluding hydrogens is 222 g/mol. The van der Waals surface area contributed by atoms with Crippen LogP contribution >= 0.6 is 11.3 Å². The molecule has 84 valence electrons. The van der Waals surface area contributed by atoms with Crippen molar-refractivity contribution in [2.24, 2.45) is 0 Å². The fourth-order valence-corrected chi connectivity index (χ4v) is 2.28. The molecule has 0 spiro atoms. The van der Waals surface area contributed by atoms with Crippen LogP contribution in [0.1, 0.15) is 18.9 Å². The Morgan fingerprint density at radius 1 is 1.62 bits per heavy atom. The van der Waals surface area contributed by atoms with Gasteiger partial charge in [0.15, 0.2) is 5.82 Å². The number of aryl methyl sites for hydroxylation is 1. The molecule has 1 amide bonds. The van der Waals surface area contributed by atoms with E-state index in [1.165, 1.54) is 5.56 Å². The lowest BCUT2D eigenvalue weighted by Gasteiger charge is -1.95. The van der Waals surface area contributed by atoms with Gasteiger partial charge in [0, 0.05) is 12.5 Å². The lowest BCUT2D eigenvalue weighted by molar-refractivity contribution is -0.115. The maximum absolute atomic E-state index is 11.2. The molecule has 2 rings (SSSR count). The van der Waals surface area contributed by atoms with Crippen molar-refractivity contribution < 1.29 is 4.79 Å². The number of nitrogens with one attached hydrogen (secondary N) is 2. The van der Waals surface area contributed by atoms with Gasteiger partial charge in [0.2, 0.25) is 5.91 Å². The van der Waals surface area contributed by atoms with Gasteiger partial charge in [-0.15, -0.1) is 11.3 Å². The molecule has 0 saturated heterocycles. The molecule has 0 aliphatic rings. The zero-order valence-corrected chi connectivity index (χ0v) is 10.0. The molecule has 0 fully saturated rings. The molecule has 0 aliphatic heterocycles. The molecule has 0 aromatic carbocycles. The van der Waals surface area contributed by atoms with Crippen molar-refractivity contribution in [1.29, 1.82) is 0 Å². The number of aromatic nitrogens is 2. The Kier molecular flexibility index (Phi) is 3.05. The van der Waals surface area contributed by atoms with E-state index >= 15 is 0 Å². The molecule has 2 aromatic rings. The summed E-state index contributed by atoms with van der Waals surface area (Å²) in [6.45, 7) is 3.86. The first-order chi connectivity index (χ1) is 7.70. The lowest BCUT2D eigenvalue weighted by atomic mass is 10.2.